The maximum absolute atomic E-state index is 13.0. The molecule has 3 nitrogen and oxygen atoms in total. The number of pyridine rings is 1. The highest BCUT2D eigenvalue weighted by Crippen LogP contribution is 2.22. The van der Waals surface area contributed by atoms with Gasteiger partial charge in [-0.3, -0.25) is 0 Å². The Labute approximate surface area is 91.0 Å². The van der Waals surface area contributed by atoms with Crippen molar-refractivity contribution in [2.24, 2.45) is 0 Å². The Morgan fingerprint density at radius 1 is 1.00 bits per heavy atom. The number of hydrogen-bond donors (Lipinski definition) is 1. The zero-order chi connectivity index (χ0) is 11.0. The molecular formula is C12H8FN3. The third-order valence-corrected chi connectivity index (χ3v) is 2.48. The maximum atomic E-state index is 13.0. The molecule has 0 aliphatic rings. The lowest BCUT2D eigenvalue weighted by Gasteiger charge is -2.00. The smallest absolute Gasteiger partial charge is 0.213 e. The van der Waals surface area contributed by atoms with E-state index in [0.717, 1.165) is 22.2 Å². The number of H-pyrrole nitrogens is 1. The molecule has 0 saturated heterocycles. The lowest BCUT2D eigenvalue weighted by molar-refractivity contribution is 0.584. The summed E-state index contributed by atoms with van der Waals surface area (Å²) in [7, 11) is 0. The Morgan fingerprint density at radius 3 is 2.75 bits per heavy atom. The van der Waals surface area contributed by atoms with Crippen LogP contribution >= 0.6 is 0 Å². The highest BCUT2D eigenvalue weighted by Gasteiger charge is 2.02. The normalized spacial score (nSPS) is 10.8. The summed E-state index contributed by atoms with van der Waals surface area (Å²) in [6.45, 7) is 0. The first-order chi connectivity index (χ1) is 7.83. The number of fused-ring (bicyclic) bond motifs is 1. The van der Waals surface area contributed by atoms with Crippen LogP contribution < -0.4 is 0 Å². The minimum Gasteiger partial charge on any atom is -0.345 e. The highest BCUT2D eigenvalue weighted by atomic mass is 19.1. The average Bonchev–Trinajstić information content (AvgIpc) is 2.75. The summed E-state index contributed by atoms with van der Waals surface area (Å²) in [6, 6.07) is 8.95. The van der Waals surface area contributed by atoms with E-state index in [2.05, 4.69) is 15.0 Å². The van der Waals surface area contributed by atoms with Crippen molar-refractivity contribution >= 4 is 11.0 Å². The lowest BCUT2D eigenvalue weighted by atomic mass is 10.1. The summed E-state index contributed by atoms with van der Waals surface area (Å²) in [6.07, 6.45) is 3.10. The Morgan fingerprint density at radius 2 is 1.88 bits per heavy atom. The van der Waals surface area contributed by atoms with Crippen molar-refractivity contribution in [2.45, 2.75) is 0 Å². The van der Waals surface area contributed by atoms with Gasteiger partial charge in [-0.1, -0.05) is 6.07 Å². The molecule has 0 aliphatic heterocycles. The average molecular weight is 213 g/mol. The van der Waals surface area contributed by atoms with Gasteiger partial charge in [0, 0.05) is 12.3 Å². The van der Waals surface area contributed by atoms with E-state index in [9.17, 15) is 4.39 Å². The van der Waals surface area contributed by atoms with Gasteiger partial charge in [0.25, 0.3) is 0 Å². The van der Waals surface area contributed by atoms with Gasteiger partial charge in [-0.25, -0.2) is 9.97 Å². The van der Waals surface area contributed by atoms with Gasteiger partial charge in [0.1, 0.15) is 0 Å². The predicted molar refractivity (Wildman–Crippen MR) is 59.3 cm³/mol. The Bertz CT molecular complexity index is 645. The Kier molecular flexibility index (Phi) is 1.93. The van der Waals surface area contributed by atoms with Crippen molar-refractivity contribution in [2.75, 3.05) is 0 Å². The number of rotatable bonds is 1. The van der Waals surface area contributed by atoms with Gasteiger partial charge in [0.15, 0.2) is 0 Å². The van der Waals surface area contributed by atoms with Gasteiger partial charge in [-0.05, 0) is 29.3 Å². The summed E-state index contributed by atoms with van der Waals surface area (Å²) >= 11 is 0. The SMILES string of the molecule is Fc1cc(-c2ccc3nc[nH]c3c2)ccn1. The first-order valence-corrected chi connectivity index (χ1v) is 4.88. The van der Waals surface area contributed by atoms with Crippen LogP contribution in [0.2, 0.25) is 0 Å². The highest BCUT2D eigenvalue weighted by molar-refractivity contribution is 5.81. The molecule has 3 rings (SSSR count). The largest absolute Gasteiger partial charge is 0.345 e. The number of nitrogens with zero attached hydrogens (tertiary/aromatic N) is 2. The van der Waals surface area contributed by atoms with Gasteiger partial charge in [-0.2, -0.15) is 4.39 Å². The van der Waals surface area contributed by atoms with Crippen molar-refractivity contribution < 1.29 is 4.39 Å². The topological polar surface area (TPSA) is 41.6 Å². The Hall–Kier alpha value is -2.23. The van der Waals surface area contributed by atoms with E-state index in [1.807, 2.05) is 18.2 Å². The molecule has 2 heterocycles. The molecule has 4 heteroatoms. The second-order valence-electron chi connectivity index (χ2n) is 3.50. The van der Waals surface area contributed by atoms with Crippen LogP contribution in [0.25, 0.3) is 22.2 Å². The van der Waals surface area contributed by atoms with E-state index in [0.29, 0.717) is 0 Å². The monoisotopic (exact) mass is 213 g/mol. The molecule has 0 bridgehead atoms. The molecule has 0 radical (unpaired) electrons. The van der Waals surface area contributed by atoms with Gasteiger partial charge in [0.2, 0.25) is 5.95 Å². The quantitative estimate of drug-likeness (QED) is 0.631. The van der Waals surface area contributed by atoms with Crippen LogP contribution in [0.15, 0.2) is 42.9 Å². The fraction of sp³-hybridized carbons (Fsp3) is 0. The molecule has 3 aromatic rings. The van der Waals surface area contributed by atoms with E-state index in [1.165, 1.54) is 12.3 Å². The predicted octanol–water partition coefficient (Wildman–Crippen LogP) is 2.76. The van der Waals surface area contributed by atoms with Crippen LogP contribution in [0, 0.1) is 5.95 Å². The summed E-state index contributed by atoms with van der Waals surface area (Å²) in [5.41, 5.74) is 3.59. The molecule has 0 saturated carbocycles. The molecule has 0 fully saturated rings. The zero-order valence-electron chi connectivity index (χ0n) is 8.31. The lowest BCUT2D eigenvalue weighted by Crippen LogP contribution is -1.83. The second-order valence-corrected chi connectivity index (χ2v) is 3.50. The number of benzene rings is 1. The number of imidazole rings is 1. The minimum atomic E-state index is -0.470. The van der Waals surface area contributed by atoms with Crippen LogP contribution in [0.4, 0.5) is 4.39 Å². The van der Waals surface area contributed by atoms with Crippen LogP contribution in [0.5, 0.6) is 0 Å². The molecule has 0 aliphatic carbocycles. The molecule has 0 unspecified atom stereocenters. The summed E-state index contributed by atoms with van der Waals surface area (Å²) in [5, 5.41) is 0. The summed E-state index contributed by atoms with van der Waals surface area (Å²) in [5.74, 6) is -0.470. The van der Waals surface area contributed by atoms with E-state index in [-0.39, 0.29) is 0 Å². The number of nitrogens with one attached hydrogen (secondary N) is 1. The molecule has 78 valence electrons. The van der Waals surface area contributed by atoms with E-state index in [4.69, 9.17) is 0 Å². The molecule has 16 heavy (non-hydrogen) atoms. The molecule has 0 atom stereocenters. The number of halogens is 1. The molecule has 0 amide bonds. The van der Waals surface area contributed by atoms with Crippen LogP contribution in [-0.2, 0) is 0 Å². The maximum Gasteiger partial charge on any atom is 0.213 e. The molecule has 1 aromatic carbocycles. The Balaban J connectivity index is 2.18. The summed E-state index contributed by atoms with van der Waals surface area (Å²) in [4.78, 5) is 10.7. The number of aromatic nitrogens is 3. The van der Waals surface area contributed by atoms with Gasteiger partial charge in [-0.15, -0.1) is 0 Å². The minimum absolute atomic E-state index is 0.470. The van der Waals surface area contributed by atoms with Crippen molar-refractivity contribution in [3.63, 3.8) is 0 Å². The standard InChI is InChI=1S/C12H8FN3/c13-12-6-9(3-4-14-12)8-1-2-10-11(5-8)16-7-15-10/h1-7H,(H,15,16). The summed E-state index contributed by atoms with van der Waals surface area (Å²) < 4.78 is 13.0. The number of hydrogen-bond acceptors (Lipinski definition) is 2. The van der Waals surface area contributed by atoms with Crippen molar-refractivity contribution in [3.8, 4) is 11.1 Å². The zero-order valence-corrected chi connectivity index (χ0v) is 8.31. The molecular weight excluding hydrogens is 205 g/mol. The molecule has 0 spiro atoms. The van der Waals surface area contributed by atoms with Crippen LogP contribution in [0.1, 0.15) is 0 Å². The van der Waals surface area contributed by atoms with Gasteiger partial charge < -0.3 is 4.98 Å². The fourth-order valence-corrected chi connectivity index (χ4v) is 1.70. The third kappa shape index (κ3) is 1.44. The second kappa shape index (κ2) is 3.41. The van der Waals surface area contributed by atoms with Crippen molar-refractivity contribution in [1.82, 2.24) is 15.0 Å². The molecule has 2 aromatic heterocycles. The fourth-order valence-electron chi connectivity index (χ4n) is 1.70. The van der Waals surface area contributed by atoms with Crippen molar-refractivity contribution in [3.05, 3.63) is 48.8 Å². The first kappa shape index (κ1) is 9.03. The number of aromatic amines is 1. The van der Waals surface area contributed by atoms with Gasteiger partial charge >= 0.3 is 0 Å². The molecule has 1 N–H and O–H groups in total. The van der Waals surface area contributed by atoms with E-state index < -0.39 is 5.95 Å². The van der Waals surface area contributed by atoms with Crippen molar-refractivity contribution in [1.29, 1.82) is 0 Å². The van der Waals surface area contributed by atoms with E-state index in [1.54, 1.807) is 12.4 Å². The van der Waals surface area contributed by atoms with Crippen LogP contribution in [-0.4, -0.2) is 15.0 Å². The van der Waals surface area contributed by atoms with Gasteiger partial charge in [0.05, 0.1) is 17.4 Å². The van der Waals surface area contributed by atoms with E-state index >= 15 is 0 Å². The third-order valence-electron chi connectivity index (χ3n) is 2.48. The first-order valence-electron chi connectivity index (χ1n) is 4.88. The van der Waals surface area contributed by atoms with Crippen LogP contribution in [0.3, 0.4) is 0 Å².